The van der Waals surface area contributed by atoms with Crippen molar-refractivity contribution in [2.75, 3.05) is 20.3 Å². The maximum atomic E-state index is 8.80. The van der Waals surface area contributed by atoms with Crippen LogP contribution in [0.4, 0.5) is 0 Å². The average Bonchev–Trinajstić information content (AvgIpc) is 1.89. The van der Waals surface area contributed by atoms with Gasteiger partial charge in [-0.15, -0.1) is 0 Å². The lowest BCUT2D eigenvalue weighted by Crippen LogP contribution is -2.29. The summed E-state index contributed by atoms with van der Waals surface area (Å²) in [4.78, 5) is 0. The number of aliphatic hydroxyl groups is 1. The number of aliphatic hydroxyl groups excluding tert-OH is 1. The lowest BCUT2D eigenvalue weighted by molar-refractivity contribution is 0.151. The van der Waals surface area contributed by atoms with Gasteiger partial charge >= 0.3 is 0 Å². The maximum absolute atomic E-state index is 8.80. The molecule has 9 heavy (non-hydrogen) atoms. The van der Waals surface area contributed by atoms with E-state index in [1.54, 1.807) is 7.11 Å². The zero-order chi connectivity index (χ0) is 7.11. The van der Waals surface area contributed by atoms with Crippen LogP contribution >= 0.6 is 0 Å². The van der Waals surface area contributed by atoms with E-state index in [-0.39, 0.29) is 0 Å². The second kappa shape index (κ2) is 5.75. The molecule has 0 amide bonds. The van der Waals surface area contributed by atoms with E-state index in [1.165, 1.54) is 6.08 Å². The van der Waals surface area contributed by atoms with Crippen molar-refractivity contribution in [2.45, 2.75) is 6.23 Å². The normalized spacial score (nSPS) is 13.1. The SMILES string of the molecule is C=CC(O)NCCOC. The molecule has 0 aromatic rings. The van der Waals surface area contributed by atoms with Gasteiger partial charge in [-0.05, 0) is 6.08 Å². The van der Waals surface area contributed by atoms with E-state index in [9.17, 15) is 0 Å². The first-order chi connectivity index (χ1) is 4.31. The van der Waals surface area contributed by atoms with Crippen molar-refractivity contribution < 1.29 is 9.84 Å². The minimum atomic E-state index is -0.611. The van der Waals surface area contributed by atoms with Gasteiger partial charge in [-0.1, -0.05) is 6.58 Å². The minimum Gasteiger partial charge on any atom is -0.383 e. The molecule has 1 atom stereocenters. The van der Waals surface area contributed by atoms with Crippen LogP contribution in [0.25, 0.3) is 0 Å². The standard InChI is InChI=1S/C6H13NO2/c1-3-6(8)7-4-5-9-2/h3,6-8H,1,4-5H2,2H3. The van der Waals surface area contributed by atoms with Crippen LogP contribution in [0.1, 0.15) is 0 Å². The second-order valence-corrected chi connectivity index (χ2v) is 1.63. The summed E-state index contributed by atoms with van der Waals surface area (Å²) in [5.41, 5.74) is 0. The molecular formula is C6H13NO2. The monoisotopic (exact) mass is 131 g/mol. The third-order valence-electron chi connectivity index (χ3n) is 0.883. The second-order valence-electron chi connectivity index (χ2n) is 1.63. The summed E-state index contributed by atoms with van der Waals surface area (Å²) < 4.78 is 4.73. The van der Waals surface area contributed by atoms with Gasteiger partial charge in [-0.2, -0.15) is 0 Å². The van der Waals surface area contributed by atoms with Crippen LogP contribution in [0.3, 0.4) is 0 Å². The van der Waals surface area contributed by atoms with Crippen LogP contribution in [-0.2, 0) is 4.74 Å². The molecule has 0 aliphatic rings. The largest absolute Gasteiger partial charge is 0.383 e. The molecule has 0 heterocycles. The van der Waals surface area contributed by atoms with E-state index in [0.29, 0.717) is 13.2 Å². The van der Waals surface area contributed by atoms with Gasteiger partial charge in [-0.3, -0.25) is 5.32 Å². The van der Waals surface area contributed by atoms with Gasteiger partial charge < -0.3 is 9.84 Å². The summed E-state index contributed by atoms with van der Waals surface area (Å²) in [6.45, 7) is 4.63. The van der Waals surface area contributed by atoms with E-state index in [2.05, 4.69) is 11.9 Å². The lowest BCUT2D eigenvalue weighted by Gasteiger charge is -2.05. The molecule has 0 spiro atoms. The van der Waals surface area contributed by atoms with Crippen molar-refractivity contribution in [3.05, 3.63) is 12.7 Å². The van der Waals surface area contributed by atoms with Crippen molar-refractivity contribution in [2.24, 2.45) is 0 Å². The van der Waals surface area contributed by atoms with Crippen molar-refractivity contribution in [1.29, 1.82) is 0 Å². The smallest absolute Gasteiger partial charge is 0.123 e. The predicted octanol–water partition coefficient (Wildman–Crippen LogP) is -0.273. The summed E-state index contributed by atoms with van der Waals surface area (Å²) in [5.74, 6) is 0. The van der Waals surface area contributed by atoms with Crippen molar-refractivity contribution >= 4 is 0 Å². The first-order valence-electron chi connectivity index (χ1n) is 2.84. The molecule has 0 rings (SSSR count). The van der Waals surface area contributed by atoms with Gasteiger partial charge in [0.2, 0.25) is 0 Å². The lowest BCUT2D eigenvalue weighted by atomic mass is 10.5. The minimum absolute atomic E-state index is 0.602. The molecule has 0 aliphatic heterocycles. The Kier molecular flexibility index (Phi) is 5.51. The highest BCUT2D eigenvalue weighted by Crippen LogP contribution is 1.74. The molecule has 0 aromatic carbocycles. The molecule has 0 aromatic heterocycles. The van der Waals surface area contributed by atoms with Crippen LogP contribution in [0, 0.1) is 0 Å². The molecule has 0 bridgehead atoms. The molecule has 54 valence electrons. The Morgan fingerprint density at radius 1 is 1.89 bits per heavy atom. The topological polar surface area (TPSA) is 41.5 Å². The van der Waals surface area contributed by atoms with Crippen LogP contribution < -0.4 is 5.32 Å². The molecule has 3 heteroatoms. The van der Waals surface area contributed by atoms with Crippen LogP contribution in [0.15, 0.2) is 12.7 Å². The molecule has 0 fully saturated rings. The first kappa shape index (κ1) is 8.62. The molecular weight excluding hydrogens is 118 g/mol. The van der Waals surface area contributed by atoms with Crippen molar-refractivity contribution in [3.63, 3.8) is 0 Å². The Hall–Kier alpha value is -0.380. The average molecular weight is 131 g/mol. The van der Waals surface area contributed by atoms with Crippen molar-refractivity contribution in [1.82, 2.24) is 5.32 Å². The molecule has 0 saturated heterocycles. The fraction of sp³-hybridized carbons (Fsp3) is 0.667. The summed E-state index contributed by atoms with van der Waals surface area (Å²) >= 11 is 0. The van der Waals surface area contributed by atoms with Gasteiger partial charge in [-0.25, -0.2) is 0 Å². The number of rotatable bonds is 5. The fourth-order valence-electron chi connectivity index (χ4n) is 0.392. The Balaban J connectivity index is 2.96. The highest BCUT2D eigenvalue weighted by molar-refractivity contribution is 4.75. The zero-order valence-corrected chi connectivity index (χ0v) is 5.63. The fourth-order valence-corrected chi connectivity index (χ4v) is 0.392. The third kappa shape index (κ3) is 5.49. The van der Waals surface area contributed by atoms with E-state index in [4.69, 9.17) is 9.84 Å². The molecule has 1 unspecified atom stereocenters. The summed E-state index contributed by atoms with van der Waals surface area (Å²) in [5, 5.41) is 11.5. The van der Waals surface area contributed by atoms with Crippen LogP contribution in [0.2, 0.25) is 0 Å². The van der Waals surface area contributed by atoms with Gasteiger partial charge in [0.1, 0.15) is 6.23 Å². The van der Waals surface area contributed by atoms with Crippen LogP contribution in [0.5, 0.6) is 0 Å². The molecule has 0 aliphatic carbocycles. The Labute approximate surface area is 55.3 Å². The van der Waals surface area contributed by atoms with Crippen molar-refractivity contribution in [3.8, 4) is 0 Å². The number of hydrogen-bond donors (Lipinski definition) is 2. The van der Waals surface area contributed by atoms with Gasteiger partial charge in [0, 0.05) is 13.7 Å². The number of nitrogens with one attached hydrogen (secondary N) is 1. The molecule has 3 nitrogen and oxygen atoms in total. The Morgan fingerprint density at radius 3 is 3.00 bits per heavy atom. The quantitative estimate of drug-likeness (QED) is 0.306. The zero-order valence-electron chi connectivity index (χ0n) is 5.63. The summed E-state index contributed by atoms with van der Waals surface area (Å²) in [7, 11) is 1.61. The molecule has 0 radical (unpaired) electrons. The van der Waals surface area contributed by atoms with E-state index in [1.807, 2.05) is 0 Å². The number of hydrogen-bond acceptors (Lipinski definition) is 3. The summed E-state index contributed by atoms with van der Waals surface area (Å²) in [6.07, 6.45) is 0.815. The third-order valence-corrected chi connectivity index (χ3v) is 0.883. The maximum Gasteiger partial charge on any atom is 0.123 e. The highest BCUT2D eigenvalue weighted by atomic mass is 16.5. The van der Waals surface area contributed by atoms with Gasteiger partial charge in [0.15, 0.2) is 0 Å². The molecule has 0 saturated carbocycles. The van der Waals surface area contributed by atoms with E-state index in [0.717, 1.165) is 0 Å². The van der Waals surface area contributed by atoms with Gasteiger partial charge in [0.05, 0.1) is 6.61 Å². The highest BCUT2D eigenvalue weighted by Gasteiger charge is 1.92. The predicted molar refractivity (Wildman–Crippen MR) is 36.1 cm³/mol. The van der Waals surface area contributed by atoms with E-state index >= 15 is 0 Å². The van der Waals surface area contributed by atoms with Gasteiger partial charge in [0.25, 0.3) is 0 Å². The first-order valence-corrected chi connectivity index (χ1v) is 2.84. The number of methoxy groups -OCH3 is 1. The summed E-state index contributed by atoms with van der Waals surface area (Å²) in [6, 6.07) is 0. The molecule has 2 N–H and O–H groups in total. The van der Waals surface area contributed by atoms with E-state index < -0.39 is 6.23 Å². The van der Waals surface area contributed by atoms with Crippen LogP contribution in [-0.4, -0.2) is 31.6 Å². The Bertz CT molecular complexity index is 75.5. The number of ether oxygens (including phenoxy) is 1. The Morgan fingerprint density at radius 2 is 2.56 bits per heavy atom.